The van der Waals surface area contributed by atoms with E-state index in [2.05, 4.69) is 4.98 Å². The maximum Gasteiger partial charge on any atom is 0.419 e. The Labute approximate surface area is 203 Å². The zero-order valence-electron chi connectivity index (χ0n) is 19.6. The van der Waals surface area contributed by atoms with Crippen molar-refractivity contribution in [3.63, 3.8) is 0 Å². The Bertz CT molecular complexity index is 1460. The van der Waals surface area contributed by atoms with E-state index >= 15 is 0 Å². The number of halogens is 4. The van der Waals surface area contributed by atoms with Crippen LogP contribution in [0.4, 0.5) is 17.6 Å². The molecular formula is C25H22F4N4O3. The highest BCUT2D eigenvalue weighted by molar-refractivity contribution is 5.94. The summed E-state index contributed by atoms with van der Waals surface area (Å²) < 4.78 is 62.5. The number of aryl methyl sites for hydroxylation is 1. The number of nitrogens with zero attached hydrogens (tertiary/aromatic N) is 4. The molecule has 1 aromatic carbocycles. The van der Waals surface area contributed by atoms with Crippen LogP contribution in [-0.2, 0) is 12.7 Å². The largest absolute Gasteiger partial charge is 0.465 e. The van der Waals surface area contributed by atoms with E-state index in [1.54, 1.807) is 54.6 Å². The van der Waals surface area contributed by atoms with Gasteiger partial charge in [-0.2, -0.15) is 13.2 Å². The molecule has 3 unspecified atom stereocenters. The molecule has 0 aliphatic carbocycles. The van der Waals surface area contributed by atoms with Gasteiger partial charge in [0.25, 0.3) is 11.5 Å². The number of pyridine rings is 1. The second-order valence-corrected chi connectivity index (χ2v) is 9.08. The molecule has 0 N–H and O–H groups in total. The molecule has 0 saturated carbocycles. The summed E-state index contributed by atoms with van der Waals surface area (Å²) in [5.41, 5.74) is -0.346. The Hall–Kier alpha value is -3.89. The minimum absolute atomic E-state index is 0.0335. The van der Waals surface area contributed by atoms with Gasteiger partial charge < -0.3 is 18.8 Å². The van der Waals surface area contributed by atoms with E-state index in [0.29, 0.717) is 5.69 Å². The summed E-state index contributed by atoms with van der Waals surface area (Å²) in [6, 6.07) is 3.51. The van der Waals surface area contributed by atoms with Gasteiger partial charge in [0, 0.05) is 42.4 Å². The molecule has 0 bridgehead atoms. The fourth-order valence-corrected chi connectivity index (χ4v) is 5.00. The van der Waals surface area contributed by atoms with Crippen molar-refractivity contribution in [3.05, 3.63) is 87.8 Å². The van der Waals surface area contributed by atoms with Crippen LogP contribution in [0, 0.1) is 12.7 Å². The summed E-state index contributed by atoms with van der Waals surface area (Å²) in [5, 5.41) is 0. The number of carbonyl (C=O) groups excluding carboxylic acids is 1. The molecule has 0 radical (unpaired) electrons. The Morgan fingerprint density at radius 2 is 1.94 bits per heavy atom. The Kier molecular flexibility index (Phi) is 5.53. The summed E-state index contributed by atoms with van der Waals surface area (Å²) in [7, 11) is 0. The first-order valence-electron chi connectivity index (χ1n) is 11.3. The number of ether oxygens (including phenoxy) is 1. The van der Waals surface area contributed by atoms with Crippen molar-refractivity contribution in [2.24, 2.45) is 0 Å². The number of hydrogen-bond acceptors (Lipinski definition) is 4. The molecule has 2 aliphatic rings. The fourth-order valence-electron chi connectivity index (χ4n) is 5.00. The van der Waals surface area contributed by atoms with Crippen LogP contribution in [0.3, 0.4) is 0 Å². The molecule has 2 aromatic heterocycles. The summed E-state index contributed by atoms with van der Waals surface area (Å²) in [5.74, 6) is -2.57. The van der Waals surface area contributed by atoms with E-state index in [9.17, 15) is 27.2 Å². The first-order valence-corrected chi connectivity index (χ1v) is 11.3. The smallest absolute Gasteiger partial charge is 0.419 e. The topological polar surface area (TPSA) is 69.4 Å². The molecule has 36 heavy (non-hydrogen) atoms. The van der Waals surface area contributed by atoms with Crippen molar-refractivity contribution < 1.29 is 27.1 Å². The van der Waals surface area contributed by atoms with Crippen LogP contribution < -0.4 is 10.3 Å². The van der Waals surface area contributed by atoms with Crippen molar-refractivity contribution in [2.75, 3.05) is 0 Å². The van der Waals surface area contributed by atoms with Gasteiger partial charge in [0.15, 0.2) is 0 Å². The van der Waals surface area contributed by atoms with Crippen LogP contribution in [0.15, 0.2) is 53.9 Å². The number of alkyl halides is 3. The minimum Gasteiger partial charge on any atom is -0.465 e. The highest BCUT2D eigenvalue weighted by atomic mass is 19.4. The van der Waals surface area contributed by atoms with Gasteiger partial charge in [-0.25, -0.2) is 9.37 Å². The van der Waals surface area contributed by atoms with Gasteiger partial charge in [0.05, 0.1) is 23.8 Å². The lowest BCUT2D eigenvalue weighted by Crippen LogP contribution is -2.54. The van der Waals surface area contributed by atoms with Crippen LogP contribution in [0.25, 0.3) is 5.69 Å². The highest BCUT2D eigenvalue weighted by Gasteiger charge is 2.41. The zero-order valence-corrected chi connectivity index (χ0v) is 19.6. The van der Waals surface area contributed by atoms with Crippen molar-refractivity contribution in [1.29, 1.82) is 0 Å². The van der Waals surface area contributed by atoms with Crippen molar-refractivity contribution in [1.82, 2.24) is 19.0 Å². The van der Waals surface area contributed by atoms with Crippen LogP contribution >= 0.6 is 0 Å². The SMILES string of the molecule is Cc1cn(-c2ccc3n(c2=O)CC(C)N(C(C)C2C=COc4cc(F)c(C(F)(F)F)cc42)C3=O)cn1. The lowest BCUT2D eigenvalue weighted by atomic mass is 9.87. The normalized spacial score (nSPS) is 20.1. The molecule has 188 valence electrons. The maximum absolute atomic E-state index is 14.1. The standard InChI is InChI=1S/C25H22F4N4O3/c1-13-10-31(12-30-13)20-4-5-21-24(35)33(14(2)11-32(21)23(20)34)15(3)16-6-7-36-22-9-19(26)18(8-17(16)22)25(27,28)29/h4-10,12,14-16H,11H2,1-3H3. The van der Waals surface area contributed by atoms with Gasteiger partial charge in [-0.05, 0) is 45.0 Å². The predicted molar refractivity (Wildman–Crippen MR) is 122 cm³/mol. The third kappa shape index (κ3) is 3.78. The molecule has 5 rings (SSSR count). The number of imidazole rings is 1. The van der Waals surface area contributed by atoms with Gasteiger partial charge >= 0.3 is 6.18 Å². The molecule has 0 fully saturated rings. The van der Waals surface area contributed by atoms with E-state index < -0.39 is 41.5 Å². The number of fused-ring (bicyclic) bond motifs is 2. The number of benzene rings is 1. The molecule has 3 atom stereocenters. The van der Waals surface area contributed by atoms with Gasteiger partial charge in [0.1, 0.15) is 22.9 Å². The van der Waals surface area contributed by atoms with E-state index in [1.165, 1.54) is 17.2 Å². The van der Waals surface area contributed by atoms with Crippen LogP contribution in [-0.4, -0.2) is 37.0 Å². The molecule has 2 aliphatic heterocycles. The average molecular weight is 502 g/mol. The number of aromatic nitrogens is 3. The molecule has 7 nitrogen and oxygen atoms in total. The highest BCUT2D eigenvalue weighted by Crippen LogP contribution is 2.42. The third-order valence-corrected chi connectivity index (χ3v) is 6.72. The van der Waals surface area contributed by atoms with Crippen molar-refractivity contribution in [2.45, 2.75) is 51.5 Å². The lowest BCUT2D eigenvalue weighted by molar-refractivity contribution is -0.140. The summed E-state index contributed by atoms with van der Waals surface area (Å²) >= 11 is 0. The Morgan fingerprint density at radius 3 is 2.61 bits per heavy atom. The summed E-state index contributed by atoms with van der Waals surface area (Å²) in [6.07, 6.45) is 1.19. The van der Waals surface area contributed by atoms with Crippen LogP contribution in [0.5, 0.6) is 5.75 Å². The minimum atomic E-state index is -4.88. The molecular weight excluding hydrogens is 480 g/mol. The first kappa shape index (κ1) is 23.8. The summed E-state index contributed by atoms with van der Waals surface area (Å²) in [6.45, 7) is 5.48. The first-order chi connectivity index (χ1) is 17.0. The van der Waals surface area contributed by atoms with E-state index in [4.69, 9.17) is 4.74 Å². The van der Waals surface area contributed by atoms with Crippen LogP contribution in [0.1, 0.15) is 47.1 Å². The lowest BCUT2D eigenvalue weighted by Gasteiger charge is -2.42. The van der Waals surface area contributed by atoms with Gasteiger partial charge in [-0.1, -0.05) is 0 Å². The van der Waals surface area contributed by atoms with E-state index in [-0.39, 0.29) is 29.1 Å². The Morgan fingerprint density at radius 1 is 1.19 bits per heavy atom. The molecule has 1 amide bonds. The van der Waals surface area contributed by atoms with E-state index in [0.717, 1.165) is 17.8 Å². The predicted octanol–water partition coefficient (Wildman–Crippen LogP) is 4.42. The van der Waals surface area contributed by atoms with Crippen molar-refractivity contribution >= 4 is 5.91 Å². The molecule has 11 heteroatoms. The van der Waals surface area contributed by atoms with Gasteiger partial charge in [-0.3, -0.25) is 9.59 Å². The molecule has 3 aromatic rings. The van der Waals surface area contributed by atoms with Gasteiger partial charge in [-0.15, -0.1) is 0 Å². The Balaban J connectivity index is 1.52. The van der Waals surface area contributed by atoms with Crippen molar-refractivity contribution in [3.8, 4) is 11.4 Å². The second kappa shape index (κ2) is 8.35. The number of carbonyl (C=O) groups is 1. The number of rotatable bonds is 3. The second-order valence-electron chi connectivity index (χ2n) is 9.08. The van der Waals surface area contributed by atoms with Crippen LogP contribution in [0.2, 0.25) is 0 Å². The third-order valence-electron chi connectivity index (χ3n) is 6.72. The maximum atomic E-state index is 14.1. The molecule has 4 heterocycles. The molecule has 0 saturated heterocycles. The summed E-state index contributed by atoms with van der Waals surface area (Å²) in [4.78, 5) is 32.4. The quantitative estimate of drug-likeness (QED) is 0.498. The molecule has 0 spiro atoms. The number of amides is 1. The monoisotopic (exact) mass is 502 g/mol. The zero-order chi connectivity index (χ0) is 25.9. The van der Waals surface area contributed by atoms with Gasteiger partial charge in [0.2, 0.25) is 0 Å². The average Bonchev–Trinajstić information content (AvgIpc) is 3.24. The fraction of sp³-hybridized carbons (Fsp3) is 0.320. The number of hydrogen-bond donors (Lipinski definition) is 0. The van der Waals surface area contributed by atoms with E-state index in [1.807, 2.05) is 0 Å².